The van der Waals surface area contributed by atoms with Crippen molar-refractivity contribution in [2.45, 2.75) is 31.8 Å². The Kier molecular flexibility index (Phi) is 5.26. The second kappa shape index (κ2) is 8.23. The van der Waals surface area contributed by atoms with Gasteiger partial charge in [-0.2, -0.15) is 0 Å². The smallest absolute Gasteiger partial charge is 0.321 e. The summed E-state index contributed by atoms with van der Waals surface area (Å²) < 4.78 is 0. The summed E-state index contributed by atoms with van der Waals surface area (Å²) >= 11 is 1.57. The number of amides is 3. The number of urea groups is 1. The highest BCUT2D eigenvalue weighted by Gasteiger charge is 2.48. The van der Waals surface area contributed by atoms with E-state index in [0.717, 1.165) is 22.1 Å². The highest BCUT2D eigenvalue weighted by Crippen LogP contribution is 2.39. The van der Waals surface area contributed by atoms with Crippen molar-refractivity contribution in [3.05, 3.63) is 64.7 Å². The lowest BCUT2D eigenvalue weighted by atomic mass is 9.84. The normalized spacial score (nSPS) is 17.1. The van der Waals surface area contributed by atoms with Gasteiger partial charge in [-0.05, 0) is 44.0 Å². The number of aromatic nitrogens is 2. The molecular weight excluding hydrogens is 424 g/mol. The number of benzene rings is 1. The Morgan fingerprint density at radius 1 is 1.19 bits per heavy atom. The maximum absolute atomic E-state index is 13.7. The predicted octanol–water partition coefficient (Wildman–Crippen LogP) is 3.87. The van der Waals surface area contributed by atoms with E-state index in [1.54, 1.807) is 27.3 Å². The van der Waals surface area contributed by atoms with Gasteiger partial charge in [0.25, 0.3) is 5.91 Å². The summed E-state index contributed by atoms with van der Waals surface area (Å²) in [5.74, 6) is 0.607. The van der Waals surface area contributed by atoms with Gasteiger partial charge in [-0.15, -0.1) is 11.3 Å². The summed E-state index contributed by atoms with van der Waals surface area (Å²) in [5.41, 5.74) is 1.69. The van der Waals surface area contributed by atoms with Gasteiger partial charge in [-0.3, -0.25) is 9.69 Å². The number of pyridine rings is 1. The highest BCUT2D eigenvalue weighted by molar-refractivity contribution is 7.09. The molecule has 5 rings (SSSR count). The van der Waals surface area contributed by atoms with Crippen molar-refractivity contribution in [2.75, 3.05) is 28.6 Å². The van der Waals surface area contributed by atoms with Gasteiger partial charge in [0.15, 0.2) is 5.82 Å². The minimum atomic E-state index is -0.759. The van der Waals surface area contributed by atoms with E-state index in [0.29, 0.717) is 38.3 Å². The van der Waals surface area contributed by atoms with Crippen LogP contribution >= 0.6 is 11.3 Å². The van der Waals surface area contributed by atoms with Gasteiger partial charge in [0, 0.05) is 30.4 Å². The van der Waals surface area contributed by atoms with Crippen LogP contribution in [0.3, 0.4) is 0 Å². The van der Waals surface area contributed by atoms with Crippen LogP contribution < -0.4 is 15.5 Å². The number of carbonyl (C=O) groups is 2. The molecule has 0 radical (unpaired) electrons. The van der Waals surface area contributed by atoms with Crippen LogP contribution in [0, 0.1) is 6.92 Å². The molecule has 0 aliphatic carbocycles. The number of para-hydroxylation sites is 1. The van der Waals surface area contributed by atoms with Crippen molar-refractivity contribution in [2.24, 2.45) is 0 Å². The highest BCUT2D eigenvalue weighted by atomic mass is 32.1. The fourth-order valence-corrected chi connectivity index (χ4v) is 4.92. The third-order valence-corrected chi connectivity index (χ3v) is 6.81. The standard InChI is InChI=1S/C23H24N6O2S/c1-16-25-18(15-32-16)14-29-20-19(8-5-11-24-20)27-23(21(29)30)9-12-28(13-10-23)22(31)26-17-6-3-2-4-7-17/h2-8,11,15,27H,9-10,12-14H2,1H3,(H,26,31). The van der Waals surface area contributed by atoms with E-state index in [9.17, 15) is 9.59 Å². The fraction of sp³-hybridized carbons (Fsp3) is 0.304. The first-order valence-corrected chi connectivity index (χ1v) is 11.5. The minimum Gasteiger partial charge on any atom is -0.368 e. The average Bonchev–Trinajstić information content (AvgIpc) is 3.23. The van der Waals surface area contributed by atoms with E-state index in [1.165, 1.54) is 0 Å². The second-order valence-electron chi connectivity index (χ2n) is 8.11. The van der Waals surface area contributed by atoms with Crippen LogP contribution in [-0.2, 0) is 11.3 Å². The third kappa shape index (κ3) is 3.80. The van der Waals surface area contributed by atoms with E-state index in [1.807, 2.05) is 54.8 Å². The maximum atomic E-state index is 13.7. The SMILES string of the molecule is Cc1nc(CN2C(=O)C3(CCN(C(=O)Nc4ccccc4)CC3)Nc3cccnc32)cs1. The molecular formula is C23H24N6O2S. The molecule has 0 saturated carbocycles. The monoisotopic (exact) mass is 448 g/mol. The van der Waals surface area contributed by atoms with Crippen LogP contribution in [0.1, 0.15) is 23.5 Å². The molecule has 1 fully saturated rings. The number of anilines is 3. The summed E-state index contributed by atoms with van der Waals surface area (Å²) in [6, 6.07) is 13.1. The summed E-state index contributed by atoms with van der Waals surface area (Å²) in [7, 11) is 0. The Morgan fingerprint density at radius 2 is 1.97 bits per heavy atom. The third-order valence-electron chi connectivity index (χ3n) is 5.99. The molecule has 1 saturated heterocycles. The Hall–Kier alpha value is -3.46. The summed E-state index contributed by atoms with van der Waals surface area (Å²) in [4.78, 5) is 38.9. The fourth-order valence-electron chi connectivity index (χ4n) is 4.32. The number of aryl methyl sites for hydroxylation is 1. The molecule has 0 unspecified atom stereocenters. The molecule has 2 aromatic heterocycles. The summed E-state index contributed by atoms with van der Waals surface area (Å²) in [6.45, 7) is 3.31. The van der Waals surface area contributed by atoms with Crippen molar-refractivity contribution >= 4 is 40.5 Å². The molecule has 32 heavy (non-hydrogen) atoms. The molecule has 3 aromatic rings. The molecule has 2 aliphatic heterocycles. The number of hydrogen-bond donors (Lipinski definition) is 2. The number of nitrogens with zero attached hydrogens (tertiary/aromatic N) is 4. The van der Waals surface area contributed by atoms with Gasteiger partial charge in [0.05, 0.1) is 22.9 Å². The zero-order valence-corrected chi connectivity index (χ0v) is 18.6. The number of rotatable bonds is 3. The number of likely N-dealkylation sites (tertiary alicyclic amines) is 1. The van der Waals surface area contributed by atoms with Gasteiger partial charge in [0.1, 0.15) is 5.54 Å². The topological polar surface area (TPSA) is 90.5 Å². The molecule has 3 amide bonds. The molecule has 1 aromatic carbocycles. The number of hydrogen-bond acceptors (Lipinski definition) is 6. The largest absolute Gasteiger partial charge is 0.368 e. The van der Waals surface area contributed by atoms with Crippen LogP contribution in [0.4, 0.5) is 22.0 Å². The first kappa shape index (κ1) is 20.4. The van der Waals surface area contributed by atoms with E-state index in [4.69, 9.17) is 0 Å². The average molecular weight is 449 g/mol. The van der Waals surface area contributed by atoms with E-state index < -0.39 is 5.54 Å². The van der Waals surface area contributed by atoms with Crippen molar-refractivity contribution in [1.82, 2.24) is 14.9 Å². The molecule has 8 nitrogen and oxygen atoms in total. The molecule has 2 N–H and O–H groups in total. The maximum Gasteiger partial charge on any atom is 0.321 e. The van der Waals surface area contributed by atoms with Gasteiger partial charge in [-0.25, -0.2) is 14.8 Å². The molecule has 0 atom stereocenters. The molecule has 164 valence electrons. The number of thiazole rings is 1. The molecule has 2 aliphatic rings. The first-order valence-electron chi connectivity index (χ1n) is 10.6. The Balaban J connectivity index is 1.34. The lowest BCUT2D eigenvalue weighted by Crippen LogP contribution is -2.62. The quantitative estimate of drug-likeness (QED) is 0.635. The summed E-state index contributed by atoms with van der Waals surface area (Å²) in [5, 5.41) is 9.34. The van der Waals surface area contributed by atoms with Gasteiger partial charge in [0.2, 0.25) is 0 Å². The van der Waals surface area contributed by atoms with Crippen molar-refractivity contribution < 1.29 is 9.59 Å². The van der Waals surface area contributed by atoms with Gasteiger partial charge in [-0.1, -0.05) is 18.2 Å². The second-order valence-corrected chi connectivity index (χ2v) is 9.18. The van der Waals surface area contributed by atoms with Crippen molar-refractivity contribution in [1.29, 1.82) is 0 Å². The molecule has 0 bridgehead atoms. The van der Waals surface area contributed by atoms with Gasteiger partial charge < -0.3 is 15.5 Å². The van der Waals surface area contributed by atoms with Crippen LogP contribution in [0.25, 0.3) is 0 Å². The van der Waals surface area contributed by atoms with Crippen LogP contribution in [0.15, 0.2) is 54.0 Å². The number of carbonyl (C=O) groups excluding carboxylic acids is 2. The number of fused-ring (bicyclic) bond motifs is 1. The van der Waals surface area contributed by atoms with E-state index >= 15 is 0 Å². The predicted molar refractivity (Wildman–Crippen MR) is 125 cm³/mol. The Bertz CT molecular complexity index is 1140. The first-order chi connectivity index (χ1) is 15.5. The lowest BCUT2D eigenvalue weighted by Gasteiger charge is -2.47. The van der Waals surface area contributed by atoms with Crippen molar-refractivity contribution in [3.63, 3.8) is 0 Å². The summed E-state index contributed by atoms with van der Waals surface area (Å²) in [6.07, 6.45) is 2.74. The number of piperidine rings is 1. The van der Waals surface area contributed by atoms with E-state index in [-0.39, 0.29) is 11.9 Å². The lowest BCUT2D eigenvalue weighted by molar-refractivity contribution is -0.124. The van der Waals surface area contributed by atoms with Crippen LogP contribution in [0.2, 0.25) is 0 Å². The van der Waals surface area contributed by atoms with E-state index in [2.05, 4.69) is 20.6 Å². The minimum absolute atomic E-state index is 0.0162. The molecule has 1 spiro atoms. The van der Waals surface area contributed by atoms with Crippen LogP contribution in [0.5, 0.6) is 0 Å². The zero-order valence-electron chi connectivity index (χ0n) is 17.7. The van der Waals surface area contributed by atoms with Crippen LogP contribution in [-0.4, -0.2) is 45.4 Å². The Labute approximate surface area is 190 Å². The van der Waals surface area contributed by atoms with Gasteiger partial charge >= 0.3 is 6.03 Å². The Morgan fingerprint density at radius 3 is 2.69 bits per heavy atom. The molecule has 4 heterocycles. The zero-order chi connectivity index (χ0) is 22.1. The number of nitrogens with one attached hydrogen (secondary N) is 2. The van der Waals surface area contributed by atoms with Crippen molar-refractivity contribution in [3.8, 4) is 0 Å². The molecule has 9 heteroatoms.